The first-order valence-electron chi connectivity index (χ1n) is 23.4. The molecule has 68 heavy (non-hydrogen) atoms. The molecule has 6 nitrogen and oxygen atoms in total. The van der Waals surface area contributed by atoms with Crippen LogP contribution in [-0.2, 0) is 0 Å². The molecule has 0 aliphatic heterocycles. The van der Waals surface area contributed by atoms with Gasteiger partial charge in [0.25, 0.3) is 0 Å². The van der Waals surface area contributed by atoms with E-state index in [4.69, 9.17) is 6.57 Å². The van der Waals surface area contributed by atoms with Crippen molar-refractivity contribution in [3.05, 3.63) is 210 Å². The molecule has 0 amide bonds. The van der Waals surface area contributed by atoms with Gasteiger partial charge in [0, 0.05) is 60.5 Å². The lowest BCUT2D eigenvalue weighted by Crippen LogP contribution is -2.10. The predicted octanol–water partition coefficient (Wildman–Crippen LogP) is 17.6. The van der Waals surface area contributed by atoms with E-state index in [0.29, 0.717) is 23.1 Å². The van der Waals surface area contributed by atoms with E-state index in [9.17, 15) is 5.26 Å². The Morgan fingerprint density at radius 3 is 1.34 bits per heavy atom. The highest BCUT2D eigenvalue weighted by atomic mass is 15.2. The minimum absolute atomic E-state index is 0.413. The molecule has 4 aromatic heterocycles. The fourth-order valence-electron chi connectivity index (χ4n) is 11.2. The van der Waals surface area contributed by atoms with Crippen molar-refractivity contribution in [3.63, 3.8) is 0 Å². The number of anilines is 6. The number of aromatic nitrogens is 2. The minimum atomic E-state index is 0.413. The van der Waals surface area contributed by atoms with E-state index in [2.05, 4.69) is 215 Å². The highest BCUT2D eigenvalue weighted by Gasteiger charge is 2.29. The summed E-state index contributed by atoms with van der Waals surface area (Å²) in [5, 5.41) is 19.5. The maximum atomic E-state index is 10.8. The summed E-state index contributed by atoms with van der Waals surface area (Å²) >= 11 is 0. The highest BCUT2D eigenvalue weighted by molar-refractivity contribution is 6.33. The third kappa shape index (κ3) is 5.49. The van der Waals surface area contributed by atoms with Gasteiger partial charge in [0.1, 0.15) is 6.07 Å². The number of fused-ring (bicyclic) bond motifs is 12. The minimum Gasteiger partial charge on any atom is -0.318 e. The van der Waals surface area contributed by atoms with Crippen LogP contribution in [-0.4, -0.2) is 8.80 Å². The first kappa shape index (κ1) is 39.5. The van der Waals surface area contributed by atoms with Gasteiger partial charge < -0.3 is 18.6 Å². The van der Waals surface area contributed by atoms with Crippen LogP contribution in [0.25, 0.3) is 81.0 Å². The third-order valence-corrected chi connectivity index (χ3v) is 14.4. The van der Waals surface area contributed by atoms with Crippen LogP contribution in [0.3, 0.4) is 0 Å². The molecule has 0 saturated carbocycles. The average molecular weight is 873 g/mol. The molecule has 0 radical (unpaired) electrons. The normalized spacial score (nSPS) is 12.1. The lowest BCUT2D eigenvalue weighted by Gasteiger charge is -2.27. The van der Waals surface area contributed by atoms with E-state index >= 15 is 0 Å². The molecule has 0 unspecified atom stereocenters. The Kier molecular flexibility index (Phi) is 8.62. The Bertz CT molecular complexity index is 3930. The van der Waals surface area contributed by atoms with Crippen LogP contribution < -0.4 is 9.80 Å². The highest BCUT2D eigenvalue weighted by Crippen LogP contribution is 2.52. The van der Waals surface area contributed by atoms with Crippen molar-refractivity contribution < 1.29 is 0 Å². The zero-order valence-electron chi connectivity index (χ0n) is 38.2. The van der Waals surface area contributed by atoms with Gasteiger partial charge in [0.2, 0.25) is 5.69 Å². The summed E-state index contributed by atoms with van der Waals surface area (Å²) in [5.74, 6) is 0.827. The van der Waals surface area contributed by atoms with Gasteiger partial charge >= 0.3 is 0 Å². The van der Waals surface area contributed by atoms with Gasteiger partial charge in [-0.1, -0.05) is 131 Å². The van der Waals surface area contributed by atoms with Gasteiger partial charge in [-0.25, -0.2) is 4.85 Å². The van der Waals surface area contributed by atoms with Crippen LogP contribution >= 0.6 is 0 Å². The van der Waals surface area contributed by atoms with E-state index in [1.165, 1.54) is 11.1 Å². The number of hydrogen-bond acceptors (Lipinski definition) is 3. The SMILES string of the molecule is [C-]#[N+]c1cccc2c3c(N(c4ccccc4)c4ccc(C(C)C)cc4)ccc4c5cc6c(cc5n(c12)c43)c1ccc(N(c2ccccc2)c2ccc(C(C)C)cc2)c2c3cccc(C#N)c3n6c12. The van der Waals surface area contributed by atoms with Crippen LogP contribution in [0.5, 0.6) is 0 Å². The maximum Gasteiger partial charge on any atom is 0.211 e. The first-order chi connectivity index (χ1) is 33.3. The predicted molar refractivity (Wildman–Crippen MR) is 284 cm³/mol. The van der Waals surface area contributed by atoms with Gasteiger partial charge in [-0.3, -0.25) is 0 Å². The smallest absolute Gasteiger partial charge is 0.211 e. The molecule has 6 heteroatoms. The Morgan fingerprint density at radius 2 is 0.882 bits per heavy atom. The van der Waals surface area contributed by atoms with E-state index in [1.54, 1.807) is 0 Å². The Hall–Kier alpha value is -8.84. The monoisotopic (exact) mass is 872 g/mol. The fraction of sp³-hybridized carbons (Fsp3) is 0.0968. The van der Waals surface area contributed by atoms with Crippen LogP contribution in [0, 0.1) is 17.9 Å². The van der Waals surface area contributed by atoms with Gasteiger partial charge in [0.15, 0.2) is 0 Å². The van der Waals surface area contributed by atoms with E-state index < -0.39 is 0 Å². The summed E-state index contributed by atoms with van der Waals surface area (Å²) in [6.07, 6.45) is 0. The summed E-state index contributed by atoms with van der Waals surface area (Å²) in [7, 11) is 0. The van der Waals surface area contributed by atoms with Crippen LogP contribution in [0.15, 0.2) is 182 Å². The van der Waals surface area contributed by atoms with Crippen molar-refractivity contribution in [2.24, 2.45) is 0 Å². The molecule has 13 aromatic rings. The molecule has 0 fully saturated rings. The number of para-hydroxylation sites is 4. The average Bonchev–Trinajstić information content (AvgIpc) is 4.11. The maximum absolute atomic E-state index is 10.8. The van der Waals surface area contributed by atoms with Crippen molar-refractivity contribution >= 4 is 116 Å². The van der Waals surface area contributed by atoms with Crippen molar-refractivity contribution in [2.75, 3.05) is 9.80 Å². The molecule has 0 aliphatic carbocycles. The van der Waals surface area contributed by atoms with Crippen molar-refractivity contribution in [1.82, 2.24) is 8.80 Å². The van der Waals surface area contributed by atoms with E-state index in [-0.39, 0.29) is 0 Å². The Morgan fingerprint density at radius 1 is 0.441 bits per heavy atom. The van der Waals surface area contributed by atoms with Crippen LogP contribution in [0.2, 0.25) is 0 Å². The lowest BCUT2D eigenvalue weighted by molar-refractivity contribution is 0.866. The molecular weight excluding hydrogens is 829 g/mol. The van der Waals surface area contributed by atoms with Gasteiger partial charge in [0.05, 0.1) is 56.6 Å². The summed E-state index contributed by atoms with van der Waals surface area (Å²) in [5.41, 5.74) is 16.2. The molecule has 9 aromatic carbocycles. The Labute approximate surface area is 393 Å². The molecule has 0 bridgehead atoms. The van der Waals surface area contributed by atoms with Gasteiger partial charge in [-0.15, -0.1) is 0 Å². The topological polar surface area (TPSA) is 43.5 Å². The lowest BCUT2D eigenvalue weighted by atomic mass is 10.0. The van der Waals surface area contributed by atoms with Crippen LogP contribution in [0.1, 0.15) is 56.2 Å². The quantitative estimate of drug-likeness (QED) is 0.143. The third-order valence-electron chi connectivity index (χ3n) is 14.4. The molecule has 13 rings (SSSR count). The Balaban J connectivity index is 1.14. The van der Waals surface area contributed by atoms with Crippen molar-refractivity contribution in [3.8, 4) is 6.07 Å². The zero-order chi connectivity index (χ0) is 45.9. The summed E-state index contributed by atoms with van der Waals surface area (Å²) in [6.45, 7) is 17.4. The summed E-state index contributed by atoms with van der Waals surface area (Å²) in [6, 6.07) is 67.6. The number of hydrogen-bond donors (Lipinski definition) is 0. The number of nitrogens with zero attached hydrogens (tertiary/aromatic N) is 6. The summed E-state index contributed by atoms with van der Waals surface area (Å²) in [4.78, 5) is 8.88. The second-order valence-electron chi connectivity index (χ2n) is 18.7. The molecule has 0 saturated heterocycles. The fourth-order valence-corrected chi connectivity index (χ4v) is 11.2. The largest absolute Gasteiger partial charge is 0.318 e. The molecular formula is C62H44N6. The molecule has 0 N–H and O–H groups in total. The molecule has 0 aliphatic rings. The van der Waals surface area contributed by atoms with E-state index in [1.807, 2.05) is 24.3 Å². The number of rotatable bonds is 8. The molecule has 0 atom stereocenters. The van der Waals surface area contributed by atoms with Gasteiger partial charge in [-0.05, 0) is 107 Å². The first-order valence-corrected chi connectivity index (χ1v) is 23.4. The van der Waals surface area contributed by atoms with Crippen molar-refractivity contribution in [2.45, 2.75) is 39.5 Å². The van der Waals surface area contributed by atoms with Crippen molar-refractivity contribution in [1.29, 1.82) is 5.26 Å². The summed E-state index contributed by atoms with van der Waals surface area (Å²) < 4.78 is 4.70. The van der Waals surface area contributed by atoms with E-state index in [0.717, 1.165) is 110 Å². The second kappa shape index (κ2) is 14.8. The standard InChI is InChI=1S/C62H44N6/c1-37(2)39-22-26-44(27-23-39)65(42-15-8-6-9-16-42)53-32-30-46-50-35-56-51(34-55(50)67-59-41(36-63)14-12-19-48(59)57(53)61(46)67)47-31-33-54(58-49-20-13-21-52(64-5)60(49)68(56)62(47)58)66(43-17-10-7-11-18-43)45-28-24-40(25-29-45)38(3)4/h6-35,37-38H,1-4H3. The zero-order valence-corrected chi connectivity index (χ0v) is 38.2. The molecule has 0 spiro atoms. The molecule has 322 valence electrons. The molecule has 4 heterocycles. The van der Waals surface area contributed by atoms with Crippen LogP contribution in [0.4, 0.5) is 39.8 Å². The number of benzene rings is 9. The van der Waals surface area contributed by atoms with Gasteiger partial charge in [-0.2, -0.15) is 5.26 Å². The second-order valence-corrected chi connectivity index (χ2v) is 18.7. The number of nitriles is 1.